The minimum absolute atomic E-state index is 0.0924. The Bertz CT molecular complexity index is 1100. The number of aromatic nitrogens is 2. The number of pyridine rings is 1. The standard InChI is InChI=1S/C19H14N6OS2/c1-12(26)25(16-5-3-2-4-6-16)19-23-15(11-28-19)10-27-18-14(9-21)7-13(8-20)17(22)24-18/h2-7,11H,10H2,1H3,(H2,22,24). The summed E-state index contributed by atoms with van der Waals surface area (Å²) < 4.78 is 0. The van der Waals surface area contributed by atoms with Gasteiger partial charge in [0.05, 0.1) is 22.5 Å². The first-order valence-electron chi connectivity index (χ1n) is 8.07. The van der Waals surface area contributed by atoms with Crippen LogP contribution in [0.3, 0.4) is 0 Å². The van der Waals surface area contributed by atoms with Gasteiger partial charge in [-0.3, -0.25) is 9.69 Å². The fraction of sp³-hybridized carbons (Fsp3) is 0.105. The van der Waals surface area contributed by atoms with Crippen molar-refractivity contribution in [1.29, 1.82) is 10.5 Å². The second-order valence-corrected chi connectivity index (χ2v) is 7.40. The molecule has 2 N–H and O–H groups in total. The molecule has 1 amide bonds. The number of hydrogen-bond acceptors (Lipinski definition) is 8. The van der Waals surface area contributed by atoms with Crippen molar-refractivity contribution in [3.8, 4) is 12.1 Å². The maximum atomic E-state index is 12.1. The number of hydrogen-bond donors (Lipinski definition) is 1. The molecule has 7 nitrogen and oxygen atoms in total. The Labute approximate surface area is 170 Å². The van der Waals surface area contributed by atoms with Gasteiger partial charge in [0, 0.05) is 18.1 Å². The Morgan fingerprint density at radius 2 is 1.93 bits per heavy atom. The quantitative estimate of drug-likeness (QED) is 0.639. The minimum atomic E-state index is -0.131. The van der Waals surface area contributed by atoms with E-state index in [2.05, 4.69) is 9.97 Å². The number of benzene rings is 1. The third-order valence-corrected chi connectivity index (χ3v) is 5.57. The maximum absolute atomic E-state index is 12.1. The van der Waals surface area contributed by atoms with Crippen LogP contribution in [0.25, 0.3) is 0 Å². The van der Waals surface area contributed by atoms with Gasteiger partial charge in [-0.05, 0) is 18.2 Å². The molecule has 0 spiro atoms. The van der Waals surface area contributed by atoms with Crippen LogP contribution in [-0.2, 0) is 10.5 Å². The van der Waals surface area contributed by atoms with E-state index in [1.165, 1.54) is 36.1 Å². The smallest absolute Gasteiger partial charge is 0.230 e. The Morgan fingerprint density at radius 1 is 1.21 bits per heavy atom. The van der Waals surface area contributed by atoms with Crippen molar-refractivity contribution in [3.05, 3.63) is 58.6 Å². The number of nitrogen functional groups attached to an aromatic ring is 1. The van der Waals surface area contributed by atoms with Crippen molar-refractivity contribution in [2.75, 3.05) is 10.6 Å². The predicted octanol–water partition coefficient (Wildman–Crippen LogP) is 3.84. The SMILES string of the molecule is CC(=O)N(c1ccccc1)c1nc(CSc2nc(N)c(C#N)cc2C#N)cs1. The van der Waals surface area contributed by atoms with Crippen LogP contribution >= 0.6 is 23.1 Å². The number of thioether (sulfide) groups is 1. The number of nitrogens with two attached hydrogens (primary N) is 1. The summed E-state index contributed by atoms with van der Waals surface area (Å²) >= 11 is 2.67. The summed E-state index contributed by atoms with van der Waals surface area (Å²) in [6.07, 6.45) is 0. The number of anilines is 3. The van der Waals surface area contributed by atoms with E-state index in [0.717, 1.165) is 11.4 Å². The fourth-order valence-electron chi connectivity index (χ4n) is 2.40. The normalized spacial score (nSPS) is 10.1. The van der Waals surface area contributed by atoms with Crippen molar-refractivity contribution in [3.63, 3.8) is 0 Å². The number of carbonyl (C=O) groups is 1. The minimum Gasteiger partial charge on any atom is -0.383 e. The van der Waals surface area contributed by atoms with Crippen LogP contribution in [0.2, 0.25) is 0 Å². The van der Waals surface area contributed by atoms with Gasteiger partial charge in [-0.15, -0.1) is 11.3 Å². The van der Waals surface area contributed by atoms with Gasteiger partial charge in [0.2, 0.25) is 5.91 Å². The summed E-state index contributed by atoms with van der Waals surface area (Å²) in [5.41, 5.74) is 7.72. The molecule has 0 fully saturated rings. The average molecular weight is 406 g/mol. The highest BCUT2D eigenvalue weighted by Gasteiger charge is 2.18. The molecule has 3 aromatic rings. The Hall–Kier alpha value is -3.40. The lowest BCUT2D eigenvalue weighted by atomic mass is 10.2. The molecule has 0 saturated heterocycles. The van der Waals surface area contributed by atoms with E-state index in [9.17, 15) is 10.1 Å². The highest BCUT2D eigenvalue weighted by Crippen LogP contribution is 2.32. The molecule has 138 valence electrons. The summed E-state index contributed by atoms with van der Waals surface area (Å²) in [4.78, 5) is 22.4. The van der Waals surface area contributed by atoms with Gasteiger partial charge < -0.3 is 5.73 Å². The molecule has 0 radical (unpaired) electrons. The molecule has 9 heteroatoms. The predicted molar refractivity (Wildman–Crippen MR) is 109 cm³/mol. The van der Waals surface area contributed by atoms with Crippen LogP contribution in [0.1, 0.15) is 23.7 Å². The van der Waals surface area contributed by atoms with E-state index in [-0.39, 0.29) is 17.3 Å². The third kappa shape index (κ3) is 4.12. The van der Waals surface area contributed by atoms with Gasteiger partial charge in [0.15, 0.2) is 5.13 Å². The molecule has 2 aromatic heterocycles. The van der Waals surface area contributed by atoms with Crippen LogP contribution in [0.15, 0.2) is 46.8 Å². The van der Waals surface area contributed by atoms with Crippen molar-refractivity contribution >= 4 is 45.6 Å². The lowest BCUT2D eigenvalue weighted by molar-refractivity contribution is -0.115. The number of rotatable bonds is 5. The van der Waals surface area contributed by atoms with Gasteiger partial charge >= 0.3 is 0 Å². The summed E-state index contributed by atoms with van der Waals surface area (Å²) in [5.74, 6) is 0.409. The zero-order valence-corrected chi connectivity index (χ0v) is 16.4. The maximum Gasteiger partial charge on any atom is 0.230 e. The fourth-order valence-corrected chi connectivity index (χ4v) is 4.25. The van der Waals surface area contributed by atoms with Crippen LogP contribution in [0, 0.1) is 22.7 Å². The third-order valence-electron chi connectivity index (χ3n) is 3.67. The van der Waals surface area contributed by atoms with E-state index >= 15 is 0 Å². The van der Waals surface area contributed by atoms with Gasteiger partial charge in [0.1, 0.15) is 23.0 Å². The molecule has 2 heterocycles. The van der Waals surface area contributed by atoms with Crippen molar-refractivity contribution in [1.82, 2.24) is 9.97 Å². The topological polar surface area (TPSA) is 120 Å². The largest absolute Gasteiger partial charge is 0.383 e. The molecule has 1 aromatic carbocycles. The second-order valence-electron chi connectivity index (χ2n) is 5.60. The van der Waals surface area contributed by atoms with E-state index in [1.54, 1.807) is 4.90 Å². The Kier molecular flexibility index (Phi) is 5.90. The van der Waals surface area contributed by atoms with Crippen LogP contribution in [0.5, 0.6) is 0 Å². The lowest BCUT2D eigenvalue weighted by Gasteiger charge is -2.17. The number of thiazole rings is 1. The van der Waals surface area contributed by atoms with Gasteiger partial charge in [0.25, 0.3) is 0 Å². The van der Waals surface area contributed by atoms with E-state index in [1.807, 2.05) is 47.9 Å². The Morgan fingerprint density at radius 3 is 2.57 bits per heavy atom. The zero-order chi connectivity index (χ0) is 20.1. The number of nitriles is 2. The van der Waals surface area contributed by atoms with Crippen molar-refractivity contribution < 1.29 is 4.79 Å². The first-order valence-corrected chi connectivity index (χ1v) is 9.93. The molecular weight excluding hydrogens is 392 g/mol. The van der Waals surface area contributed by atoms with Crippen molar-refractivity contribution in [2.24, 2.45) is 0 Å². The van der Waals surface area contributed by atoms with Gasteiger partial charge in [-0.25, -0.2) is 9.97 Å². The highest BCUT2D eigenvalue weighted by molar-refractivity contribution is 7.98. The summed E-state index contributed by atoms with van der Waals surface area (Å²) in [6.45, 7) is 1.49. The monoisotopic (exact) mass is 406 g/mol. The van der Waals surface area contributed by atoms with Crippen LogP contribution < -0.4 is 10.6 Å². The molecule has 28 heavy (non-hydrogen) atoms. The molecule has 0 bridgehead atoms. The first kappa shape index (κ1) is 19.4. The number of nitrogens with zero attached hydrogens (tertiary/aromatic N) is 5. The number of carbonyl (C=O) groups excluding carboxylic acids is 1. The van der Waals surface area contributed by atoms with Crippen LogP contribution in [0.4, 0.5) is 16.6 Å². The Balaban J connectivity index is 1.81. The van der Waals surface area contributed by atoms with Gasteiger partial charge in [-0.2, -0.15) is 10.5 Å². The molecule has 3 rings (SSSR count). The second kappa shape index (κ2) is 8.53. The van der Waals surface area contributed by atoms with Crippen molar-refractivity contribution in [2.45, 2.75) is 17.7 Å². The molecule has 0 aliphatic carbocycles. The lowest BCUT2D eigenvalue weighted by Crippen LogP contribution is -2.22. The summed E-state index contributed by atoms with van der Waals surface area (Å²) in [5, 5.41) is 21.2. The molecule has 0 atom stereocenters. The number of para-hydroxylation sites is 1. The number of amides is 1. The molecule has 0 unspecified atom stereocenters. The van der Waals surface area contributed by atoms with E-state index in [0.29, 0.717) is 21.5 Å². The molecular formula is C19H14N6OS2. The van der Waals surface area contributed by atoms with E-state index in [4.69, 9.17) is 11.0 Å². The molecule has 0 aliphatic heterocycles. The molecule has 0 aliphatic rings. The summed E-state index contributed by atoms with van der Waals surface area (Å²) in [7, 11) is 0. The highest BCUT2D eigenvalue weighted by atomic mass is 32.2. The zero-order valence-electron chi connectivity index (χ0n) is 14.8. The average Bonchev–Trinajstić information content (AvgIpc) is 3.15. The van der Waals surface area contributed by atoms with Gasteiger partial charge in [-0.1, -0.05) is 30.0 Å². The van der Waals surface area contributed by atoms with Crippen LogP contribution in [-0.4, -0.2) is 15.9 Å². The first-order chi connectivity index (χ1) is 13.5. The van der Waals surface area contributed by atoms with E-state index < -0.39 is 0 Å². The molecule has 0 saturated carbocycles. The summed E-state index contributed by atoms with van der Waals surface area (Å²) in [6, 6.07) is 14.7.